The van der Waals surface area contributed by atoms with E-state index >= 15 is 0 Å². The predicted octanol–water partition coefficient (Wildman–Crippen LogP) is 1.64. The molecule has 4 nitrogen and oxygen atoms in total. The van der Waals surface area contributed by atoms with Crippen LogP contribution in [0.3, 0.4) is 0 Å². The Balaban J connectivity index is 0.000000241. The van der Waals surface area contributed by atoms with Gasteiger partial charge in [-0.15, -0.1) is 0 Å². The van der Waals surface area contributed by atoms with Gasteiger partial charge < -0.3 is 4.74 Å². The second kappa shape index (κ2) is 7.55. The van der Waals surface area contributed by atoms with Crippen molar-refractivity contribution in [1.29, 1.82) is 0 Å². The van der Waals surface area contributed by atoms with Gasteiger partial charge >= 0.3 is 5.97 Å². The first-order valence-electron chi connectivity index (χ1n) is 4.49. The van der Waals surface area contributed by atoms with Crippen LogP contribution in [0.5, 0.6) is 0 Å². The lowest BCUT2D eigenvalue weighted by Gasteiger charge is -1.93. The maximum atomic E-state index is 10.3. The molecule has 1 rings (SSSR count). The van der Waals surface area contributed by atoms with Gasteiger partial charge in [-0.3, -0.25) is 14.6 Å². The van der Waals surface area contributed by atoms with E-state index in [9.17, 15) is 9.59 Å². The summed E-state index contributed by atoms with van der Waals surface area (Å²) in [5.74, 6) is -0.123. The number of hydrogen-bond donors (Lipinski definition) is 0. The van der Waals surface area contributed by atoms with Gasteiger partial charge in [-0.05, 0) is 13.8 Å². The molecule has 0 radical (unpaired) electrons. The molecular weight excluding hydrogens is 202 g/mol. The van der Waals surface area contributed by atoms with E-state index in [2.05, 4.69) is 9.73 Å². The van der Waals surface area contributed by atoms with Crippen LogP contribution < -0.4 is 0 Å². The van der Waals surface area contributed by atoms with E-state index in [1.165, 1.54) is 18.0 Å². The molecule has 0 amide bonds. The van der Waals surface area contributed by atoms with Crippen molar-refractivity contribution in [2.24, 2.45) is 4.99 Å². The average Bonchev–Trinajstić information content (AvgIpc) is 2.51. The Hall–Kier alpha value is -0.840. The summed E-state index contributed by atoms with van der Waals surface area (Å²) in [5, 5.41) is 0.236. The summed E-state index contributed by atoms with van der Waals surface area (Å²) in [6.45, 7) is 5.96. The molecule has 0 saturated heterocycles. The largest absolute Gasteiger partial charge is 0.466 e. The Kier molecular flexibility index (Phi) is 7.10. The molecule has 0 saturated carbocycles. The topological polar surface area (TPSA) is 55.7 Å². The number of esters is 1. The zero-order chi connectivity index (χ0) is 11.0. The van der Waals surface area contributed by atoms with E-state index in [1.54, 1.807) is 13.8 Å². The third-order valence-electron chi connectivity index (χ3n) is 1.27. The lowest BCUT2D eigenvalue weighted by molar-refractivity contribution is -0.142. The molecule has 0 fully saturated rings. The normalized spacial score (nSPS) is 18.8. The first-order chi connectivity index (χ1) is 6.60. The summed E-state index contributed by atoms with van der Waals surface area (Å²) in [4.78, 5) is 24.3. The number of ether oxygens (including phenoxy) is 1. The highest BCUT2D eigenvalue weighted by Crippen LogP contribution is 2.16. The second-order valence-electron chi connectivity index (χ2n) is 2.47. The fourth-order valence-corrected chi connectivity index (χ4v) is 1.24. The van der Waals surface area contributed by atoms with Gasteiger partial charge in [-0.2, -0.15) is 0 Å². The minimum Gasteiger partial charge on any atom is -0.466 e. The van der Waals surface area contributed by atoms with Gasteiger partial charge in [-0.1, -0.05) is 18.7 Å². The van der Waals surface area contributed by atoms with Gasteiger partial charge in [0.05, 0.1) is 12.8 Å². The maximum absolute atomic E-state index is 10.3. The van der Waals surface area contributed by atoms with Crippen molar-refractivity contribution in [1.82, 2.24) is 0 Å². The predicted molar refractivity (Wildman–Crippen MR) is 57.5 cm³/mol. The zero-order valence-electron chi connectivity index (χ0n) is 8.65. The SMILES string of the molecule is CC1N=CC(=O)S1.CCOC(=O)CC. The lowest BCUT2D eigenvalue weighted by atomic mass is 10.5. The van der Waals surface area contributed by atoms with Gasteiger partial charge in [-0.25, -0.2) is 0 Å². The van der Waals surface area contributed by atoms with Crippen molar-refractivity contribution in [3.8, 4) is 0 Å². The van der Waals surface area contributed by atoms with Gasteiger partial charge in [0.15, 0.2) is 0 Å². The van der Waals surface area contributed by atoms with Gasteiger partial charge in [0.1, 0.15) is 5.37 Å². The number of hydrogen-bond acceptors (Lipinski definition) is 5. The fraction of sp³-hybridized carbons (Fsp3) is 0.667. The maximum Gasteiger partial charge on any atom is 0.305 e. The molecule has 1 unspecified atom stereocenters. The second-order valence-corrected chi connectivity index (χ2v) is 3.79. The van der Waals surface area contributed by atoms with Crippen molar-refractivity contribution in [3.63, 3.8) is 0 Å². The first kappa shape index (κ1) is 13.2. The van der Waals surface area contributed by atoms with E-state index in [0.29, 0.717) is 13.0 Å². The minimum absolute atomic E-state index is 0.0764. The minimum atomic E-state index is -0.123. The third kappa shape index (κ3) is 6.65. The van der Waals surface area contributed by atoms with Crippen LogP contribution in [0.1, 0.15) is 27.2 Å². The van der Waals surface area contributed by atoms with Crippen LogP contribution in [0, 0.1) is 0 Å². The number of carbonyl (C=O) groups is 2. The Bertz CT molecular complexity index is 228. The van der Waals surface area contributed by atoms with Gasteiger partial charge in [0, 0.05) is 6.42 Å². The molecule has 0 bridgehead atoms. The van der Waals surface area contributed by atoms with Crippen LogP contribution in [0.2, 0.25) is 0 Å². The van der Waals surface area contributed by atoms with Crippen LogP contribution in [0.25, 0.3) is 0 Å². The van der Waals surface area contributed by atoms with Crippen molar-refractivity contribution in [3.05, 3.63) is 0 Å². The molecule has 0 spiro atoms. The first-order valence-corrected chi connectivity index (χ1v) is 5.37. The van der Waals surface area contributed by atoms with Crippen LogP contribution in [0.4, 0.5) is 0 Å². The van der Waals surface area contributed by atoms with E-state index in [1.807, 2.05) is 6.92 Å². The highest BCUT2D eigenvalue weighted by atomic mass is 32.2. The zero-order valence-corrected chi connectivity index (χ0v) is 9.47. The molecule has 0 N–H and O–H groups in total. The average molecular weight is 217 g/mol. The standard InChI is InChI=1S/C5H10O2.C4H5NOS/c1-3-5(6)7-4-2;1-3-5-2-4(6)7-3/h3-4H2,1-2H3;2-3H,1H3. The molecule has 0 aliphatic carbocycles. The molecule has 1 heterocycles. The molecule has 14 heavy (non-hydrogen) atoms. The van der Waals surface area contributed by atoms with E-state index < -0.39 is 0 Å². The summed E-state index contributed by atoms with van der Waals surface area (Å²) in [6.07, 6.45) is 1.85. The van der Waals surface area contributed by atoms with Crippen LogP contribution in [-0.4, -0.2) is 29.3 Å². The fourth-order valence-electron chi connectivity index (χ4n) is 0.658. The molecular formula is C9H15NO3S. The van der Waals surface area contributed by atoms with Gasteiger partial charge in [0.2, 0.25) is 5.12 Å². The van der Waals surface area contributed by atoms with Crippen molar-refractivity contribution >= 4 is 29.1 Å². The van der Waals surface area contributed by atoms with E-state index in [0.717, 1.165) is 0 Å². The Morgan fingerprint density at radius 2 is 2.29 bits per heavy atom. The van der Waals surface area contributed by atoms with Gasteiger partial charge in [0.25, 0.3) is 0 Å². The van der Waals surface area contributed by atoms with Crippen LogP contribution in [0.15, 0.2) is 4.99 Å². The van der Waals surface area contributed by atoms with E-state index in [4.69, 9.17) is 0 Å². The Morgan fingerprint density at radius 1 is 1.64 bits per heavy atom. The third-order valence-corrected chi connectivity index (χ3v) is 2.07. The van der Waals surface area contributed by atoms with Crippen molar-refractivity contribution in [2.45, 2.75) is 32.6 Å². The molecule has 80 valence electrons. The number of rotatable bonds is 2. The van der Waals surface area contributed by atoms with E-state index in [-0.39, 0.29) is 16.5 Å². The number of carbonyl (C=O) groups excluding carboxylic acids is 2. The quantitative estimate of drug-likeness (QED) is 0.660. The molecule has 1 aliphatic rings. The summed E-state index contributed by atoms with van der Waals surface area (Å²) in [6, 6.07) is 0. The van der Waals surface area contributed by atoms with Crippen LogP contribution >= 0.6 is 11.8 Å². The van der Waals surface area contributed by atoms with Crippen LogP contribution in [-0.2, 0) is 14.3 Å². The van der Waals surface area contributed by atoms with Crippen molar-refractivity contribution < 1.29 is 14.3 Å². The monoisotopic (exact) mass is 217 g/mol. The molecule has 0 aromatic heterocycles. The summed E-state index contributed by atoms with van der Waals surface area (Å²) in [7, 11) is 0. The van der Waals surface area contributed by atoms with Crippen molar-refractivity contribution in [2.75, 3.05) is 6.61 Å². The molecule has 1 aliphatic heterocycles. The summed E-state index contributed by atoms with van der Waals surface area (Å²) in [5.41, 5.74) is 0. The smallest absolute Gasteiger partial charge is 0.305 e. The summed E-state index contributed by atoms with van der Waals surface area (Å²) < 4.78 is 4.55. The number of nitrogens with zero attached hydrogens (tertiary/aromatic N) is 1. The highest BCUT2D eigenvalue weighted by Gasteiger charge is 2.11. The number of thioether (sulfide) groups is 1. The Morgan fingerprint density at radius 3 is 2.43 bits per heavy atom. The molecule has 5 heteroatoms. The Labute approximate surface area is 88.1 Å². The highest BCUT2D eigenvalue weighted by molar-refractivity contribution is 8.16. The molecule has 0 aromatic rings. The lowest BCUT2D eigenvalue weighted by Crippen LogP contribution is -2.00. The molecule has 1 atom stereocenters. The summed E-state index contributed by atoms with van der Waals surface area (Å²) >= 11 is 1.26. The number of aliphatic imine (C=N–C) groups is 1. The molecule has 0 aromatic carbocycles.